The molecule has 1 aromatic carbocycles. The fourth-order valence-electron chi connectivity index (χ4n) is 0.941. The van der Waals surface area contributed by atoms with Crippen molar-refractivity contribution in [2.75, 3.05) is 18.2 Å². The Morgan fingerprint density at radius 1 is 1.29 bits per heavy atom. The molecule has 0 bridgehead atoms. The summed E-state index contributed by atoms with van der Waals surface area (Å²) in [7, 11) is -2.07. The van der Waals surface area contributed by atoms with Crippen LogP contribution in [-0.4, -0.2) is 17.6 Å². The number of carbonyl (C=O) groups excluding carboxylic acids is 1. The zero-order valence-electron chi connectivity index (χ0n) is 8.06. The Morgan fingerprint density at radius 3 is 2.21 bits per heavy atom. The monoisotopic (exact) mass is 212 g/mol. The van der Waals surface area contributed by atoms with Crippen molar-refractivity contribution in [2.45, 2.75) is 0 Å². The molecule has 14 heavy (non-hydrogen) atoms. The molecule has 0 saturated heterocycles. The molecule has 5 heteroatoms. The summed E-state index contributed by atoms with van der Waals surface area (Å²) in [5.74, 6) is 0. The molecule has 2 N–H and O–H groups in total. The summed E-state index contributed by atoms with van der Waals surface area (Å²) in [6.07, 6.45) is 3.14. The number of benzene rings is 1. The third kappa shape index (κ3) is 2.11. The molecule has 0 radical (unpaired) electrons. The lowest BCUT2D eigenvalue weighted by molar-refractivity contribution is 0.108. The number of nitroso groups, excluding NO2 is 1. The number of nitrogen functional groups attached to an aromatic ring is 1. The highest BCUT2D eigenvalue weighted by molar-refractivity contribution is 8.43. The molecule has 0 spiro atoms. The Bertz CT molecular complexity index is 360. The Kier molecular flexibility index (Phi) is 2.90. The second kappa shape index (κ2) is 3.79. The highest BCUT2D eigenvalue weighted by Gasteiger charge is 2.23. The molecule has 76 valence electrons. The van der Waals surface area contributed by atoms with E-state index in [1.165, 1.54) is 0 Å². The normalized spacial score (nSPS) is 12.1. The Hall–Kier alpha value is -1.36. The van der Waals surface area contributed by atoms with Crippen LogP contribution in [0.4, 0.5) is 5.69 Å². The molecule has 0 fully saturated rings. The van der Waals surface area contributed by atoms with Gasteiger partial charge < -0.3 is 5.73 Å². The molecular formula is C9H12N2O2S. The van der Waals surface area contributed by atoms with Gasteiger partial charge in [0, 0.05) is 11.3 Å². The fourth-order valence-corrected chi connectivity index (χ4v) is 1.72. The quantitative estimate of drug-likeness (QED) is 0.603. The van der Waals surface area contributed by atoms with E-state index < -0.39 is 10.2 Å². The minimum absolute atomic E-state index is 0.215. The van der Waals surface area contributed by atoms with Gasteiger partial charge in [0.1, 0.15) is 0 Å². The Balaban J connectivity index is 3.01. The van der Waals surface area contributed by atoms with Gasteiger partial charge in [-0.2, -0.15) is 0 Å². The van der Waals surface area contributed by atoms with Crippen LogP contribution in [0.2, 0.25) is 0 Å². The van der Waals surface area contributed by atoms with Gasteiger partial charge in [-0.3, -0.25) is 4.79 Å². The van der Waals surface area contributed by atoms with Crippen molar-refractivity contribution in [3.8, 4) is 0 Å². The van der Waals surface area contributed by atoms with Crippen LogP contribution in [-0.2, 0) is 0 Å². The maximum Gasteiger partial charge on any atom is 0.223 e. The SMILES string of the molecule is CS(C)(N=O)C(=O)c1ccc(N)cc1. The molecule has 0 aromatic heterocycles. The third-order valence-corrected chi connectivity index (χ3v) is 3.30. The molecule has 0 unspecified atom stereocenters. The van der Waals surface area contributed by atoms with Gasteiger partial charge in [-0.1, -0.05) is 0 Å². The Morgan fingerprint density at radius 2 is 1.79 bits per heavy atom. The van der Waals surface area contributed by atoms with Crippen molar-refractivity contribution in [1.29, 1.82) is 0 Å². The molecule has 0 heterocycles. The van der Waals surface area contributed by atoms with Gasteiger partial charge in [0.15, 0.2) is 0 Å². The van der Waals surface area contributed by atoms with E-state index in [-0.39, 0.29) is 5.12 Å². The van der Waals surface area contributed by atoms with Crippen molar-refractivity contribution in [2.24, 2.45) is 4.58 Å². The van der Waals surface area contributed by atoms with E-state index >= 15 is 0 Å². The van der Waals surface area contributed by atoms with Crippen molar-refractivity contribution >= 4 is 21.0 Å². The smallest absolute Gasteiger partial charge is 0.223 e. The number of hydrogen-bond acceptors (Lipinski definition) is 4. The summed E-state index contributed by atoms with van der Waals surface area (Å²) >= 11 is 0. The van der Waals surface area contributed by atoms with Crippen LogP contribution in [0.3, 0.4) is 0 Å². The van der Waals surface area contributed by atoms with Crippen LogP contribution in [0, 0.1) is 4.91 Å². The van der Waals surface area contributed by atoms with Gasteiger partial charge in [-0.05, 0) is 51.6 Å². The molecule has 0 amide bonds. The van der Waals surface area contributed by atoms with E-state index in [4.69, 9.17) is 5.73 Å². The van der Waals surface area contributed by atoms with Gasteiger partial charge >= 0.3 is 0 Å². The van der Waals surface area contributed by atoms with Crippen molar-refractivity contribution in [3.63, 3.8) is 0 Å². The van der Waals surface area contributed by atoms with E-state index in [1.54, 1.807) is 36.8 Å². The molecule has 1 aromatic rings. The van der Waals surface area contributed by atoms with Gasteiger partial charge in [-0.25, -0.2) is 0 Å². The lowest BCUT2D eigenvalue weighted by Crippen LogP contribution is -2.07. The minimum Gasteiger partial charge on any atom is -0.399 e. The first-order chi connectivity index (χ1) is 6.47. The van der Waals surface area contributed by atoms with Crippen molar-refractivity contribution in [1.82, 2.24) is 0 Å². The predicted octanol–water partition coefficient (Wildman–Crippen LogP) is 2.15. The lowest BCUT2D eigenvalue weighted by Gasteiger charge is -2.18. The average Bonchev–Trinajstić information content (AvgIpc) is 2.18. The van der Waals surface area contributed by atoms with Crippen LogP contribution >= 0.6 is 10.2 Å². The third-order valence-electron chi connectivity index (χ3n) is 1.79. The van der Waals surface area contributed by atoms with Crippen molar-refractivity contribution in [3.05, 3.63) is 34.7 Å². The van der Waals surface area contributed by atoms with Crippen LogP contribution in [0.15, 0.2) is 28.8 Å². The maximum absolute atomic E-state index is 11.7. The highest BCUT2D eigenvalue weighted by Crippen LogP contribution is 2.44. The molecule has 1 rings (SSSR count). The summed E-state index contributed by atoms with van der Waals surface area (Å²) < 4.78 is 2.87. The number of hydrogen-bond donors (Lipinski definition) is 1. The van der Waals surface area contributed by atoms with Gasteiger partial charge in [0.05, 0.1) is 0 Å². The van der Waals surface area contributed by atoms with E-state index in [0.717, 1.165) is 0 Å². The van der Waals surface area contributed by atoms with Crippen LogP contribution in [0.5, 0.6) is 0 Å². The van der Waals surface area contributed by atoms with Gasteiger partial charge in [-0.15, -0.1) is 4.91 Å². The molecular weight excluding hydrogens is 200 g/mol. The molecule has 0 aliphatic carbocycles. The molecule has 0 aliphatic heterocycles. The van der Waals surface area contributed by atoms with E-state index in [1.807, 2.05) is 0 Å². The summed E-state index contributed by atoms with van der Waals surface area (Å²) in [6.45, 7) is 0. The Labute approximate surface area is 83.9 Å². The summed E-state index contributed by atoms with van der Waals surface area (Å²) in [6, 6.07) is 6.48. The summed E-state index contributed by atoms with van der Waals surface area (Å²) in [4.78, 5) is 22.2. The van der Waals surface area contributed by atoms with E-state index in [0.29, 0.717) is 11.3 Å². The largest absolute Gasteiger partial charge is 0.399 e. The first kappa shape index (κ1) is 10.7. The summed E-state index contributed by atoms with van der Waals surface area (Å²) in [5.41, 5.74) is 6.55. The fraction of sp³-hybridized carbons (Fsp3) is 0.222. The lowest BCUT2D eigenvalue weighted by atomic mass is 10.2. The molecule has 0 atom stereocenters. The van der Waals surface area contributed by atoms with E-state index in [2.05, 4.69) is 4.58 Å². The number of anilines is 1. The molecule has 0 aliphatic rings. The van der Waals surface area contributed by atoms with Crippen LogP contribution < -0.4 is 5.73 Å². The zero-order chi connectivity index (χ0) is 10.8. The number of nitrogens with zero attached hydrogens (tertiary/aromatic N) is 1. The highest BCUT2D eigenvalue weighted by atomic mass is 32.3. The number of nitrogens with two attached hydrogens (primary N) is 1. The first-order valence-corrected chi connectivity index (χ1v) is 6.36. The van der Waals surface area contributed by atoms with E-state index in [9.17, 15) is 9.70 Å². The second-order valence-corrected chi connectivity index (χ2v) is 6.32. The average molecular weight is 212 g/mol. The predicted molar refractivity (Wildman–Crippen MR) is 60.4 cm³/mol. The van der Waals surface area contributed by atoms with Crippen LogP contribution in [0.1, 0.15) is 10.4 Å². The first-order valence-electron chi connectivity index (χ1n) is 3.95. The van der Waals surface area contributed by atoms with Gasteiger partial charge in [0.25, 0.3) is 0 Å². The summed E-state index contributed by atoms with van der Waals surface area (Å²) in [5, 5.41) is -0.215. The maximum atomic E-state index is 11.7. The minimum atomic E-state index is -2.07. The molecule has 4 nitrogen and oxygen atoms in total. The van der Waals surface area contributed by atoms with Crippen molar-refractivity contribution < 1.29 is 4.79 Å². The zero-order valence-corrected chi connectivity index (χ0v) is 8.88. The number of carbonyl (C=O) groups is 1. The van der Waals surface area contributed by atoms with Gasteiger partial charge in [0.2, 0.25) is 5.12 Å². The standard InChI is InChI=1S/C9H12N2O2S/c1-14(2,11-13)9(12)7-3-5-8(10)6-4-7/h3-6H,10H2,1-2H3. The second-order valence-electron chi connectivity index (χ2n) is 3.26. The number of rotatable bonds is 2. The topological polar surface area (TPSA) is 72.5 Å². The van der Waals surface area contributed by atoms with Crippen LogP contribution in [0.25, 0.3) is 0 Å². The molecule has 0 saturated carbocycles.